The summed E-state index contributed by atoms with van der Waals surface area (Å²) in [6, 6.07) is 6.00. The van der Waals surface area contributed by atoms with E-state index in [1.807, 2.05) is 51.5 Å². The molecule has 3 amide bonds. The first-order valence-electron chi connectivity index (χ1n) is 13.6. The molecule has 3 aliphatic heterocycles. The number of hydrogen-bond donors (Lipinski definition) is 1. The van der Waals surface area contributed by atoms with Gasteiger partial charge in [0, 0.05) is 19.5 Å². The SMILES string of the molecule is CC.CC(C)N1OC(C)N(C2CCC(=O)NC2=O)c2ccc(C3CCN(C(=O)OC(C)(C)C)CC3)cc21. The number of hydrogen-bond acceptors (Lipinski definition) is 7. The fourth-order valence-electron chi connectivity index (χ4n) is 5.15. The molecule has 0 aromatic heterocycles. The van der Waals surface area contributed by atoms with Crippen molar-refractivity contribution in [3.05, 3.63) is 23.8 Å². The molecule has 4 rings (SSSR count). The van der Waals surface area contributed by atoms with Crippen LogP contribution in [0.25, 0.3) is 0 Å². The van der Waals surface area contributed by atoms with Crippen molar-refractivity contribution in [3.63, 3.8) is 0 Å². The van der Waals surface area contributed by atoms with Crippen LogP contribution in [0.4, 0.5) is 16.2 Å². The Balaban J connectivity index is 0.00000186. The summed E-state index contributed by atoms with van der Waals surface area (Å²) in [4.78, 5) is 46.9. The molecule has 0 saturated carbocycles. The van der Waals surface area contributed by atoms with Crippen molar-refractivity contribution in [1.29, 1.82) is 0 Å². The van der Waals surface area contributed by atoms with Gasteiger partial charge in [-0.15, -0.1) is 0 Å². The highest BCUT2D eigenvalue weighted by atomic mass is 16.7. The van der Waals surface area contributed by atoms with Gasteiger partial charge in [-0.2, -0.15) is 0 Å². The maximum atomic E-state index is 12.7. The Labute approximate surface area is 221 Å². The number of piperidine rings is 2. The van der Waals surface area contributed by atoms with Gasteiger partial charge < -0.3 is 14.5 Å². The fourth-order valence-corrected chi connectivity index (χ4v) is 5.15. The molecule has 9 nitrogen and oxygen atoms in total. The minimum Gasteiger partial charge on any atom is -0.444 e. The highest BCUT2D eigenvalue weighted by Crippen LogP contribution is 2.42. The van der Waals surface area contributed by atoms with Crippen molar-refractivity contribution in [1.82, 2.24) is 10.2 Å². The number of nitrogens with one attached hydrogen (secondary N) is 1. The number of rotatable bonds is 3. The zero-order valence-electron chi connectivity index (χ0n) is 23.7. The van der Waals surface area contributed by atoms with Gasteiger partial charge in [0.2, 0.25) is 11.8 Å². The largest absolute Gasteiger partial charge is 0.444 e. The number of ether oxygens (including phenoxy) is 1. The minimum atomic E-state index is -0.502. The van der Waals surface area contributed by atoms with Gasteiger partial charge in [-0.25, -0.2) is 14.7 Å². The van der Waals surface area contributed by atoms with Crippen LogP contribution in [0.5, 0.6) is 0 Å². The monoisotopic (exact) mass is 516 g/mol. The standard InChI is InChI=1S/C26H38N4O5.C2H6/c1-16(2)30-22-15-19(18-11-13-28(14-12-18)25(33)34-26(4,5)6)7-8-20(22)29(17(3)35-30)21-9-10-23(31)27-24(21)32;1-2/h7-8,15-18,21H,9-14H2,1-6H3,(H,27,31,32);1-2H3. The lowest BCUT2D eigenvalue weighted by molar-refractivity contribution is -0.134. The second-order valence-corrected chi connectivity index (χ2v) is 11.0. The molecule has 0 aliphatic carbocycles. The van der Waals surface area contributed by atoms with Gasteiger partial charge in [0.15, 0.2) is 6.23 Å². The molecule has 2 atom stereocenters. The van der Waals surface area contributed by atoms with Crippen LogP contribution in [-0.2, 0) is 19.2 Å². The molecule has 37 heavy (non-hydrogen) atoms. The first-order valence-corrected chi connectivity index (χ1v) is 13.6. The van der Waals surface area contributed by atoms with Gasteiger partial charge in [0.25, 0.3) is 0 Å². The molecule has 0 radical (unpaired) electrons. The van der Waals surface area contributed by atoms with Crippen LogP contribution in [-0.4, -0.2) is 59.8 Å². The van der Waals surface area contributed by atoms with E-state index in [-0.39, 0.29) is 30.2 Å². The van der Waals surface area contributed by atoms with E-state index in [0.29, 0.717) is 31.8 Å². The molecule has 2 unspecified atom stereocenters. The van der Waals surface area contributed by atoms with Gasteiger partial charge in [-0.1, -0.05) is 19.9 Å². The number of benzene rings is 1. The Kier molecular flexibility index (Phi) is 9.10. The number of fused-ring (bicyclic) bond motifs is 1. The van der Waals surface area contributed by atoms with Gasteiger partial charge >= 0.3 is 6.09 Å². The molecular formula is C28H44N4O5. The molecule has 2 fully saturated rings. The second kappa shape index (κ2) is 11.7. The maximum absolute atomic E-state index is 12.7. The third-order valence-electron chi connectivity index (χ3n) is 6.81. The molecule has 3 aliphatic rings. The summed E-state index contributed by atoms with van der Waals surface area (Å²) in [5.41, 5.74) is 2.55. The molecule has 3 heterocycles. The van der Waals surface area contributed by atoms with Crippen LogP contribution in [0.2, 0.25) is 0 Å². The van der Waals surface area contributed by atoms with E-state index in [0.717, 1.165) is 24.2 Å². The quantitative estimate of drug-likeness (QED) is 0.569. The normalized spacial score (nSPS) is 22.8. The number of amides is 3. The molecule has 1 N–H and O–H groups in total. The smallest absolute Gasteiger partial charge is 0.410 e. The fraction of sp³-hybridized carbons (Fsp3) is 0.679. The van der Waals surface area contributed by atoms with Crippen molar-refractivity contribution in [3.8, 4) is 0 Å². The van der Waals surface area contributed by atoms with Crippen molar-refractivity contribution < 1.29 is 24.0 Å². The first kappa shape index (κ1) is 28.8. The number of carbonyl (C=O) groups excluding carboxylic acids is 3. The number of anilines is 2. The van der Waals surface area contributed by atoms with Gasteiger partial charge in [-0.3, -0.25) is 14.9 Å². The zero-order valence-corrected chi connectivity index (χ0v) is 23.7. The molecule has 1 aromatic rings. The van der Waals surface area contributed by atoms with E-state index in [1.165, 1.54) is 5.56 Å². The summed E-state index contributed by atoms with van der Waals surface area (Å²) in [5.74, 6) is -0.190. The van der Waals surface area contributed by atoms with E-state index < -0.39 is 11.6 Å². The maximum Gasteiger partial charge on any atom is 0.410 e. The van der Waals surface area contributed by atoms with E-state index in [1.54, 1.807) is 4.90 Å². The van der Waals surface area contributed by atoms with E-state index in [4.69, 9.17) is 9.57 Å². The van der Waals surface area contributed by atoms with Gasteiger partial charge in [-0.05, 0) is 84.4 Å². The van der Waals surface area contributed by atoms with Crippen LogP contribution >= 0.6 is 0 Å². The average molecular weight is 517 g/mol. The molecule has 9 heteroatoms. The van der Waals surface area contributed by atoms with E-state index in [2.05, 4.69) is 37.4 Å². The molecule has 0 bridgehead atoms. The summed E-state index contributed by atoms with van der Waals surface area (Å²) in [6.45, 7) is 17.0. The summed E-state index contributed by atoms with van der Waals surface area (Å²) < 4.78 is 5.53. The summed E-state index contributed by atoms with van der Waals surface area (Å²) in [5, 5.41) is 4.39. The zero-order chi connectivity index (χ0) is 27.5. The number of carbonyl (C=O) groups is 3. The molecule has 1 aromatic carbocycles. The van der Waals surface area contributed by atoms with Crippen LogP contribution < -0.4 is 15.3 Å². The second-order valence-electron chi connectivity index (χ2n) is 11.0. The topological polar surface area (TPSA) is 91.4 Å². The lowest BCUT2D eigenvalue weighted by atomic mass is 9.88. The average Bonchev–Trinajstić information content (AvgIpc) is 2.84. The predicted molar refractivity (Wildman–Crippen MR) is 144 cm³/mol. The van der Waals surface area contributed by atoms with Crippen molar-refractivity contribution >= 4 is 29.3 Å². The van der Waals surface area contributed by atoms with E-state index >= 15 is 0 Å². The summed E-state index contributed by atoms with van der Waals surface area (Å²) >= 11 is 0. The highest BCUT2D eigenvalue weighted by Gasteiger charge is 2.40. The number of hydroxylamine groups is 1. The Morgan fingerprint density at radius 1 is 1.08 bits per heavy atom. The number of nitrogens with zero attached hydrogens (tertiary/aromatic N) is 3. The predicted octanol–water partition coefficient (Wildman–Crippen LogP) is 4.94. The van der Waals surface area contributed by atoms with E-state index in [9.17, 15) is 14.4 Å². The van der Waals surface area contributed by atoms with Crippen LogP contribution in [0.3, 0.4) is 0 Å². The Morgan fingerprint density at radius 2 is 1.73 bits per heavy atom. The van der Waals surface area contributed by atoms with Crippen LogP contribution in [0.15, 0.2) is 18.2 Å². The Morgan fingerprint density at radius 3 is 2.30 bits per heavy atom. The van der Waals surface area contributed by atoms with Gasteiger partial charge in [0.05, 0.1) is 17.4 Å². The summed E-state index contributed by atoms with van der Waals surface area (Å²) in [7, 11) is 0. The van der Waals surface area contributed by atoms with Crippen LogP contribution in [0.1, 0.15) is 92.6 Å². The molecule has 2 saturated heterocycles. The highest BCUT2D eigenvalue weighted by molar-refractivity contribution is 6.02. The van der Waals surface area contributed by atoms with Gasteiger partial charge in [0.1, 0.15) is 11.6 Å². The lowest BCUT2D eigenvalue weighted by Crippen LogP contribution is -2.59. The number of imide groups is 1. The van der Waals surface area contributed by atoms with Crippen molar-refractivity contribution in [2.75, 3.05) is 23.1 Å². The molecular weight excluding hydrogens is 472 g/mol. The lowest BCUT2D eigenvalue weighted by Gasteiger charge is -2.47. The third kappa shape index (κ3) is 6.55. The molecule has 0 spiro atoms. The minimum absolute atomic E-state index is 0.101. The Hall–Kier alpha value is -2.81. The van der Waals surface area contributed by atoms with Crippen molar-refractivity contribution in [2.45, 2.75) is 111 Å². The first-order chi connectivity index (χ1) is 17.4. The van der Waals surface area contributed by atoms with Crippen LogP contribution in [0, 0.1) is 0 Å². The molecule has 206 valence electrons. The third-order valence-corrected chi connectivity index (χ3v) is 6.81. The number of likely N-dealkylation sites (tertiary alicyclic amines) is 1. The Bertz CT molecular complexity index is 981. The van der Waals surface area contributed by atoms with Crippen molar-refractivity contribution in [2.24, 2.45) is 0 Å². The summed E-state index contributed by atoms with van der Waals surface area (Å²) in [6.07, 6.45) is 1.88.